The third kappa shape index (κ3) is 4.67. The van der Waals surface area contributed by atoms with Crippen molar-refractivity contribution in [1.82, 2.24) is 19.8 Å². The normalized spacial score (nSPS) is 20.0. The summed E-state index contributed by atoms with van der Waals surface area (Å²) in [7, 11) is 3.22. The largest absolute Gasteiger partial charge is 0.469 e. The Labute approximate surface area is 160 Å². The van der Waals surface area contributed by atoms with Gasteiger partial charge in [-0.15, -0.1) is 0 Å². The van der Waals surface area contributed by atoms with Gasteiger partial charge >= 0.3 is 5.97 Å². The van der Waals surface area contributed by atoms with Crippen molar-refractivity contribution in [2.45, 2.75) is 20.0 Å². The van der Waals surface area contributed by atoms with E-state index >= 15 is 0 Å². The maximum absolute atomic E-state index is 11.9. The van der Waals surface area contributed by atoms with Crippen molar-refractivity contribution in [3.05, 3.63) is 54.1 Å². The fourth-order valence-electron chi connectivity index (χ4n) is 3.54. The summed E-state index contributed by atoms with van der Waals surface area (Å²) in [5.74, 6) is 0.808. The van der Waals surface area contributed by atoms with Crippen LogP contribution in [0.5, 0.6) is 0 Å². The summed E-state index contributed by atoms with van der Waals surface area (Å²) >= 11 is 0. The Bertz CT molecular complexity index is 787. The van der Waals surface area contributed by atoms with E-state index in [0.29, 0.717) is 13.1 Å². The van der Waals surface area contributed by atoms with E-state index in [2.05, 4.69) is 51.4 Å². The number of likely N-dealkylation sites (tertiary alicyclic amines) is 1. The number of guanidine groups is 1. The Kier molecular flexibility index (Phi) is 6.11. The van der Waals surface area contributed by atoms with E-state index in [-0.39, 0.29) is 17.8 Å². The van der Waals surface area contributed by atoms with Crippen LogP contribution in [-0.2, 0) is 22.6 Å². The highest BCUT2D eigenvalue weighted by atomic mass is 16.5. The van der Waals surface area contributed by atoms with Gasteiger partial charge in [0.05, 0.1) is 19.4 Å². The molecule has 0 aliphatic carbocycles. The van der Waals surface area contributed by atoms with Crippen LogP contribution in [0.4, 0.5) is 0 Å². The molecular weight excluding hydrogens is 342 g/mol. The van der Waals surface area contributed by atoms with Gasteiger partial charge in [-0.3, -0.25) is 9.79 Å². The number of aromatic nitrogens is 2. The molecule has 0 bridgehead atoms. The van der Waals surface area contributed by atoms with Gasteiger partial charge in [0.25, 0.3) is 0 Å². The van der Waals surface area contributed by atoms with Crippen molar-refractivity contribution in [1.29, 1.82) is 0 Å². The lowest BCUT2D eigenvalue weighted by Gasteiger charge is -2.21. The van der Waals surface area contributed by atoms with Crippen LogP contribution in [0.1, 0.15) is 18.1 Å². The van der Waals surface area contributed by atoms with Gasteiger partial charge in [0.2, 0.25) is 0 Å². The molecule has 2 aromatic rings. The number of carbonyl (C=O) groups excluding carboxylic acids is 1. The average molecular weight is 369 g/mol. The minimum atomic E-state index is -0.146. The van der Waals surface area contributed by atoms with Gasteiger partial charge < -0.3 is 19.5 Å². The van der Waals surface area contributed by atoms with Gasteiger partial charge in [-0.2, -0.15) is 0 Å². The molecule has 1 aliphatic rings. The Morgan fingerprint density at radius 1 is 1.37 bits per heavy atom. The summed E-state index contributed by atoms with van der Waals surface area (Å²) < 4.78 is 6.97. The van der Waals surface area contributed by atoms with Crippen LogP contribution in [0.3, 0.4) is 0 Å². The van der Waals surface area contributed by atoms with Crippen LogP contribution in [0.25, 0.3) is 0 Å². The summed E-state index contributed by atoms with van der Waals surface area (Å²) in [6.07, 6.45) is 5.56. The summed E-state index contributed by atoms with van der Waals surface area (Å²) in [6.45, 7) is 4.98. The van der Waals surface area contributed by atoms with Crippen LogP contribution < -0.4 is 5.32 Å². The minimum Gasteiger partial charge on any atom is -0.469 e. The number of hydrogen-bond donors (Lipinski definition) is 1. The first-order chi connectivity index (χ1) is 13.1. The Balaban J connectivity index is 1.59. The first-order valence-electron chi connectivity index (χ1n) is 9.17. The SMILES string of the molecule is CN=C(NCc1cccc(Cn2ccnc2)c1)N1CC(C)C(C(=O)OC)C1. The van der Waals surface area contributed by atoms with Crippen LogP contribution in [-0.4, -0.2) is 53.6 Å². The van der Waals surface area contributed by atoms with E-state index in [1.165, 1.54) is 18.2 Å². The monoisotopic (exact) mass is 369 g/mol. The predicted molar refractivity (Wildman–Crippen MR) is 104 cm³/mol. The number of imidazole rings is 1. The summed E-state index contributed by atoms with van der Waals surface area (Å²) in [5, 5.41) is 3.42. The molecule has 7 nitrogen and oxygen atoms in total. The zero-order valence-corrected chi connectivity index (χ0v) is 16.1. The molecule has 1 N–H and O–H groups in total. The Morgan fingerprint density at radius 2 is 2.19 bits per heavy atom. The number of nitrogens with zero attached hydrogens (tertiary/aromatic N) is 4. The molecular formula is C20H27N5O2. The van der Waals surface area contributed by atoms with E-state index < -0.39 is 0 Å². The first-order valence-corrected chi connectivity index (χ1v) is 9.17. The van der Waals surface area contributed by atoms with Crippen molar-refractivity contribution in [3.63, 3.8) is 0 Å². The zero-order chi connectivity index (χ0) is 19.2. The smallest absolute Gasteiger partial charge is 0.310 e. The van der Waals surface area contributed by atoms with Crippen LogP contribution >= 0.6 is 0 Å². The zero-order valence-electron chi connectivity index (χ0n) is 16.1. The van der Waals surface area contributed by atoms with Crippen molar-refractivity contribution in [2.24, 2.45) is 16.8 Å². The summed E-state index contributed by atoms with van der Waals surface area (Å²) in [6, 6.07) is 8.46. The van der Waals surface area contributed by atoms with Crippen LogP contribution in [0.15, 0.2) is 48.0 Å². The second-order valence-electron chi connectivity index (χ2n) is 6.97. The van der Waals surface area contributed by atoms with E-state index in [1.54, 1.807) is 13.2 Å². The highest BCUT2D eigenvalue weighted by Crippen LogP contribution is 2.24. The number of hydrogen-bond acceptors (Lipinski definition) is 4. The lowest BCUT2D eigenvalue weighted by molar-refractivity contribution is -0.145. The molecule has 3 rings (SSSR count). The van der Waals surface area contributed by atoms with E-state index in [1.807, 2.05) is 17.1 Å². The number of benzene rings is 1. The highest BCUT2D eigenvalue weighted by molar-refractivity contribution is 5.82. The number of ether oxygens (including phenoxy) is 1. The van der Waals surface area contributed by atoms with Gasteiger partial charge in [0.1, 0.15) is 0 Å². The van der Waals surface area contributed by atoms with E-state index in [9.17, 15) is 4.79 Å². The molecule has 27 heavy (non-hydrogen) atoms. The molecule has 2 unspecified atom stereocenters. The lowest BCUT2D eigenvalue weighted by Crippen LogP contribution is -2.40. The standard InChI is InChI=1S/C20H27N5O2/c1-15-11-25(13-18(15)19(26)27-3)20(21-2)23-10-16-5-4-6-17(9-16)12-24-8-7-22-14-24/h4-9,14-15,18H,10-13H2,1-3H3,(H,21,23). The molecule has 0 radical (unpaired) electrons. The fourth-order valence-corrected chi connectivity index (χ4v) is 3.54. The van der Waals surface area contributed by atoms with E-state index in [4.69, 9.17) is 4.74 Å². The quantitative estimate of drug-likeness (QED) is 0.494. The minimum absolute atomic E-state index is 0.105. The molecule has 1 aromatic heterocycles. The molecule has 1 saturated heterocycles. The second kappa shape index (κ2) is 8.70. The number of methoxy groups -OCH3 is 1. The fraction of sp³-hybridized carbons (Fsp3) is 0.450. The maximum Gasteiger partial charge on any atom is 0.310 e. The molecule has 0 amide bonds. The molecule has 144 valence electrons. The van der Waals surface area contributed by atoms with Crippen molar-refractivity contribution in [2.75, 3.05) is 27.2 Å². The number of rotatable bonds is 5. The second-order valence-corrected chi connectivity index (χ2v) is 6.97. The molecule has 1 aromatic carbocycles. The number of carbonyl (C=O) groups is 1. The lowest BCUT2D eigenvalue weighted by atomic mass is 9.99. The van der Waals surface area contributed by atoms with Gasteiger partial charge in [-0.25, -0.2) is 4.98 Å². The number of nitrogens with one attached hydrogen (secondary N) is 1. The topological polar surface area (TPSA) is 71.8 Å². The molecule has 1 fully saturated rings. The van der Waals surface area contributed by atoms with E-state index in [0.717, 1.165) is 19.0 Å². The third-order valence-electron chi connectivity index (χ3n) is 4.99. The summed E-state index contributed by atoms with van der Waals surface area (Å²) in [5.41, 5.74) is 2.41. The summed E-state index contributed by atoms with van der Waals surface area (Å²) in [4.78, 5) is 22.5. The predicted octanol–water partition coefficient (Wildman–Crippen LogP) is 1.75. The van der Waals surface area contributed by atoms with Crippen molar-refractivity contribution in [3.8, 4) is 0 Å². The van der Waals surface area contributed by atoms with Gasteiger partial charge in [-0.1, -0.05) is 31.2 Å². The van der Waals surface area contributed by atoms with Gasteiger partial charge in [0.15, 0.2) is 5.96 Å². The molecule has 2 heterocycles. The Hall–Kier alpha value is -2.83. The number of aliphatic imine (C=N–C) groups is 1. The van der Waals surface area contributed by atoms with Gasteiger partial charge in [-0.05, 0) is 17.0 Å². The molecule has 0 spiro atoms. The van der Waals surface area contributed by atoms with Crippen LogP contribution in [0.2, 0.25) is 0 Å². The molecule has 2 atom stereocenters. The number of esters is 1. The van der Waals surface area contributed by atoms with Crippen molar-refractivity contribution >= 4 is 11.9 Å². The first kappa shape index (κ1) is 18.9. The average Bonchev–Trinajstić information content (AvgIpc) is 3.32. The molecule has 7 heteroatoms. The Morgan fingerprint density at radius 3 is 2.89 bits per heavy atom. The maximum atomic E-state index is 11.9. The van der Waals surface area contributed by atoms with Gasteiger partial charge in [0, 0.05) is 45.6 Å². The third-order valence-corrected chi connectivity index (χ3v) is 4.99. The van der Waals surface area contributed by atoms with Crippen molar-refractivity contribution < 1.29 is 9.53 Å². The van der Waals surface area contributed by atoms with Crippen LogP contribution in [0, 0.1) is 11.8 Å². The molecule has 0 saturated carbocycles. The molecule has 1 aliphatic heterocycles. The highest BCUT2D eigenvalue weighted by Gasteiger charge is 2.36.